The van der Waals surface area contributed by atoms with Crippen LogP contribution < -0.4 is 5.73 Å². The van der Waals surface area contributed by atoms with Gasteiger partial charge in [-0.1, -0.05) is 0 Å². The molecule has 0 fully saturated rings. The van der Waals surface area contributed by atoms with Crippen LogP contribution in [0.1, 0.15) is 11.3 Å². The molecule has 0 aliphatic heterocycles. The number of hydrogen-bond donors (Lipinski definition) is 1. The van der Waals surface area contributed by atoms with E-state index >= 15 is 0 Å². The molecule has 5 heteroatoms. The lowest BCUT2D eigenvalue weighted by atomic mass is 10.3. The summed E-state index contributed by atoms with van der Waals surface area (Å²) in [6.45, 7) is 2.71. The zero-order valence-electron chi connectivity index (χ0n) is 8.31. The maximum absolute atomic E-state index is 5.52. The molecule has 0 saturated carbocycles. The van der Waals surface area contributed by atoms with Gasteiger partial charge in [0.15, 0.2) is 0 Å². The first-order valence-corrected chi connectivity index (χ1v) is 4.43. The Kier molecular flexibility index (Phi) is 1.99. The van der Waals surface area contributed by atoms with Gasteiger partial charge in [-0.15, -0.1) is 0 Å². The number of nitrogen functional groups attached to an aromatic ring is 1. The van der Waals surface area contributed by atoms with Crippen LogP contribution in [0.15, 0.2) is 18.5 Å². The number of nitrogens with zero attached hydrogens (tertiary/aromatic N) is 4. The van der Waals surface area contributed by atoms with Gasteiger partial charge >= 0.3 is 0 Å². The van der Waals surface area contributed by atoms with Crippen molar-refractivity contribution in [3.63, 3.8) is 0 Å². The monoisotopic (exact) mass is 191 g/mol. The van der Waals surface area contributed by atoms with Crippen LogP contribution in [0.3, 0.4) is 0 Å². The van der Waals surface area contributed by atoms with Crippen molar-refractivity contribution < 1.29 is 0 Å². The molecule has 2 aromatic heterocycles. The molecule has 0 aliphatic carbocycles. The van der Waals surface area contributed by atoms with Gasteiger partial charge in [-0.05, 0) is 18.6 Å². The van der Waals surface area contributed by atoms with Crippen LogP contribution in [0.2, 0.25) is 0 Å². The van der Waals surface area contributed by atoms with Gasteiger partial charge in [0.25, 0.3) is 0 Å². The average molecular weight is 191 g/mol. The van der Waals surface area contributed by atoms with E-state index in [0.717, 1.165) is 5.69 Å². The van der Waals surface area contributed by atoms with E-state index in [9.17, 15) is 0 Å². The van der Waals surface area contributed by atoms with Crippen molar-refractivity contribution in [1.29, 1.82) is 0 Å². The third-order valence-electron chi connectivity index (χ3n) is 2.09. The number of aryl methyl sites for hydroxylation is 2. The standard InChI is InChI=1S/C9H13N5/c1-7-5-13(2)11-8(7)6-14-4-3-9(10)12-14/h3-5H,6H2,1-2H3,(H2,10,12). The molecule has 0 bridgehead atoms. The summed E-state index contributed by atoms with van der Waals surface area (Å²) in [4.78, 5) is 0. The Bertz CT molecular complexity index is 440. The molecule has 0 saturated heterocycles. The molecule has 14 heavy (non-hydrogen) atoms. The number of nitrogens with two attached hydrogens (primary N) is 1. The topological polar surface area (TPSA) is 61.7 Å². The van der Waals surface area contributed by atoms with E-state index in [0.29, 0.717) is 12.4 Å². The highest BCUT2D eigenvalue weighted by molar-refractivity contribution is 5.24. The second kappa shape index (κ2) is 3.17. The molecule has 74 valence electrons. The third-order valence-corrected chi connectivity index (χ3v) is 2.09. The molecule has 5 nitrogen and oxygen atoms in total. The minimum absolute atomic E-state index is 0.540. The summed E-state index contributed by atoms with van der Waals surface area (Å²) in [6.07, 6.45) is 3.84. The van der Waals surface area contributed by atoms with E-state index in [1.54, 1.807) is 15.4 Å². The van der Waals surface area contributed by atoms with E-state index in [2.05, 4.69) is 10.2 Å². The quantitative estimate of drug-likeness (QED) is 0.754. The van der Waals surface area contributed by atoms with Gasteiger partial charge in [0.1, 0.15) is 5.82 Å². The highest BCUT2D eigenvalue weighted by Gasteiger charge is 2.04. The summed E-state index contributed by atoms with van der Waals surface area (Å²) in [5, 5.41) is 8.43. The fraction of sp³-hybridized carbons (Fsp3) is 0.333. The molecule has 0 aliphatic rings. The van der Waals surface area contributed by atoms with Crippen LogP contribution in [-0.4, -0.2) is 19.6 Å². The van der Waals surface area contributed by atoms with Crippen LogP contribution in [0.25, 0.3) is 0 Å². The molecule has 2 rings (SSSR count). The van der Waals surface area contributed by atoms with Gasteiger partial charge in [-0.2, -0.15) is 10.2 Å². The molecule has 2 aromatic rings. The molecule has 0 radical (unpaired) electrons. The zero-order valence-corrected chi connectivity index (χ0v) is 8.31. The fourth-order valence-corrected chi connectivity index (χ4v) is 1.43. The zero-order chi connectivity index (χ0) is 10.1. The van der Waals surface area contributed by atoms with Gasteiger partial charge in [-0.3, -0.25) is 9.36 Å². The summed E-state index contributed by atoms with van der Waals surface area (Å²) in [7, 11) is 1.91. The van der Waals surface area contributed by atoms with E-state index in [1.165, 1.54) is 5.56 Å². The highest BCUT2D eigenvalue weighted by atomic mass is 15.3. The summed E-state index contributed by atoms with van der Waals surface area (Å²) in [6, 6.07) is 1.78. The van der Waals surface area contributed by atoms with Gasteiger partial charge in [-0.25, -0.2) is 0 Å². The Morgan fingerprint density at radius 1 is 1.43 bits per heavy atom. The molecule has 0 aromatic carbocycles. The van der Waals surface area contributed by atoms with Crippen molar-refractivity contribution in [3.8, 4) is 0 Å². The lowest BCUT2D eigenvalue weighted by Crippen LogP contribution is -2.03. The van der Waals surface area contributed by atoms with Crippen LogP contribution in [0.5, 0.6) is 0 Å². The first-order valence-electron chi connectivity index (χ1n) is 4.43. The average Bonchev–Trinajstić information content (AvgIpc) is 2.61. The SMILES string of the molecule is Cc1cn(C)nc1Cn1ccc(N)n1. The van der Waals surface area contributed by atoms with Crippen molar-refractivity contribution in [2.24, 2.45) is 7.05 Å². The van der Waals surface area contributed by atoms with E-state index in [1.807, 2.05) is 26.4 Å². The maximum Gasteiger partial charge on any atom is 0.145 e. The van der Waals surface area contributed by atoms with Gasteiger partial charge in [0.2, 0.25) is 0 Å². The Hall–Kier alpha value is -1.78. The Morgan fingerprint density at radius 2 is 2.21 bits per heavy atom. The largest absolute Gasteiger partial charge is 0.382 e. The van der Waals surface area contributed by atoms with Crippen molar-refractivity contribution in [3.05, 3.63) is 29.7 Å². The van der Waals surface area contributed by atoms with Gasteiger partial charge in [0.05, 0.1) is 12.2 Å². The fourth-order valence-electron chi connectivity index (χ4n) is 1.43. The Morgan fingerprint density at radius 3 is 2.71 bits per heavy atom. The molecule has 0 atom stereocenters. The van der Waals surface area contributed by atoms with Gasteiger partial charge < -0.3 is 5.73 Å². The summed E-state index contributed by atoms with van der Waals surface area (Å²) in [5.41, 5.74) is 7.71. The number of hydrogen-bond acceptors (Lipinski definition) is 3. The predicted molar refractivity (Wildman–Crippen MR) is 53.7 cm³/mol. The van der Waals surface area contributed by atoms with Crippen molar-refractivity contribution >= 4 is 5.82 Å². The number of rotatable bonds is 2. The van der Waals surface area contributed by atoms with E-state index < -0.39 is 0 Å². The second-order valence-electron chi connectivity index (χ2n) is 3.37. The van der Waals surface area contributed by atoms with Crippen molar-refractivity contribution in [2.75, 3.05) is 5.73 Å². The minimum atomic E-state index is 0.540. The highest BCUT2D eigenvalue weighted by Crippen LogP contribution is 2.06. The molecule has 2 heterocycles. The number of aromatic nitrogens is 4. The minimum Gasteiger partial charge on any atom is -0.382 e. The first kappa shape index (κ1) is 8.80. The van der Waals surface area contributed by atoms with Crippen LogP contribution in [0, 0.1) is 6.92 Å². The predicted octanol–water partition coefficient (Wildman–Crippen LogP) is 0.556. The van der Waals surface area contributed by atoms with Crippen LogP contribution in [-0.2, 0) is 13.6 Å². The molecule has 0 spiro atoms. The summed E-state index contributed by atoms with van der Waals surface area (Å²) < 4.78 is 3.59. The van der Waals surface area contributed by atoms with Crippen LogP contribution in [0.4, 0.5) is 5.82 Å². The lowest BCUT2D eigenvalue weighted by molar-refractivity contribution is 0.651. The van der Waals surface area contributed by atoms with Crippen molar-refractivity contribution in [1.82, 2.24) is 19.6 Å². The van der Waals surface area contributed by atoms with E-state index in [4.69, 9.17) is 5.73 Å². The lowest BCUT2D eigenvalue weighted by Gasteiger charge is -1.98. The first-order chi connectivity index (χ1) is 6.65. The molecule has 2 N–H and O–H groups in total. The normalized spacial score (nSPS) is 10.7. The molecule has 0 amide bonds. The summed E-state index contributed by atoms with van der Waals surface area (Å²) in [5.74, 6) is 0.540. The molecular formula is C9H13N5. The second-order valence-corrected chi connectivity index (χ2v) is 3.37. The number of anilines is 1. The van der Waals surface area contributed by atoms with Gasteiger partial charge in [0, 0.05) is 19.4 Å². The van der Waals surface area contributed by atoms with Crippen molar-refractivity contribution in [2.45, 2.75) is 13.5 Å². The summed E-state index contributed by atoms with van der Waals surface area (Å²) >= 11 is 0. The Balaban J connectivity index is 2.22. The molecular weight excluding hydrogens is 178 g/mol. The molecule has 0 unspecified atom stereocenters. The van der Waals surface area contributed by atoms with E-state index in [-0.39, 0.29) is 0 Å². The third kappa shape index (κ3) is 1.61. The van der Waals surface area contributed by atoms with Crippen LogP contribution >= 0.6 is 0 Å². The Labute approximate surface area is 82.1 Å². The smallest absolute Gasteiger partial charge is 0.145 e. The maximum atomic E-state index is 5.52.